The fourth-order valence-electron chi connectivity index (χ4n) is 2.95. The van der Waals surface area contributed by atoms with E-state index < -0.39 is 0 Å². The maximum atomic E-state index is 12.5. The van der Waals surface area contributed by atoms with Crippen LogP contribution in [0.2, 0.25) is 0 Å². The number of aromatic nitrogens is 1. The summed E-state index contributed by atoms with van der Waals surface area (Å²) >= 11 is 0. The topological polar surface area (TPSA) is 80.3 Å². The smallest absolute Gasteiger partial charge is 0.257 e. The van der Waals surface area contributed by atoms with Gasteiger partial charge in [0.05, 0.1) is 23.9 Å². The maximum absolute atomic E-state index is 12.5. The van der Waals surface area contributed by atoms with E-state index in [1.165, 1.54) is 13.3 Å². The van der Waals surface area contributed by atoms with Gasteiger partial charge in [0.2, 0.25) is 5.88 Å². The number of nitrogens with zero attached hydrogens (tertiary/aromatic N) is 1. The monoisotopic (exact) mass is 339 g/mol. The Balaban J connectivity index is 1.73. The third-order valence-corrected chi connectivity index (χ3v) is 4.32. The zero-order valence-corrected chi connectivity index (χ0v) is 14.1. The lowest BCUT2D eigenvalue weighted by Gasteiger charge is -2.15. The molecule has 130 valence electrons. The van der Waals surface area contributed by atoms with E-state index in [4.69, 9.17) is 4.74 Å². The van der Waals surface area contributed by atoms with E-state index in [1.807, 2.05) is 0 Å². The predicted molar refractivity (Wildman–Crippen MR) is 94.9 cm³/mol. The van der Waals surface area contributed by atoms with E-state index in [-0.39, 0.29) is 17.9 Å². The molecule has 2 aromatic rings. The van der Waals surface area contributed by atoms with Crippen LogP contribution in [0.3, 0.4) is 0 Å². The van der Waals surface area contributed by atoms with Gasteiger partial charge in [-0.3, -0.25) is 9.59 Å². The molecular formula is C19H21N3O3. The highest BCUT2D eigenvalue weighted by molar-refractivity contribution is 6.08. The first-order valence-corrected chi connectivity index (χ1v) is 8.38. The number of para-hydroxylation sites is 1. The van der Waals surface area contributed by atoms with E-state index in [1.54, 1.807) is 36.4 Å². The number of amides is 2. The third-order valence-electron chi connectivity index (χ3n) is 4.32. The molecule has 1 aromatic heterocycles. The summed E-state index contributed by atoms with van der Waals surface area (Å²) in [5, 5.41) is 5.83. The molecule has 0 saturated heterocycles. The van der Waals surface area contributed by atoms with Crippen molar-refractivity contribution < 1.29 is 14.3 Å². The molecule has 6 heteroatoms. The maximum Gasteiger partial charge on any atom is 0.257 e. The number of anilines is 1. The molecule has 2 amide bonds. The predicted octanol–water partition coefficient (Wildman–Crippen LogP) is 3.01. The molecule has 1 aromatic carbocycles. The van der Waals surface area contributed by atoms with Gasteiger partial charge in [0, 0.05) is 18.3 Å². The van der Waals surface area contributed by atoms with Gasteiger partial charge in [-0.1, -0.05) is 25.0 Å². The van der Waals surface area contributed by atoms with Gasteiger partial charge in [-0.2, -0.15) is 0 Å². The Bertz CT molecular complexity index is 753. The number of hydrogen-bond acceptors (Lipinski definition) is 4. The number of benzene rings is 1. The summed E-state index contributed by atoms with van der Waals surface area (Å²) in [6, 6.07) is 10.5. The Morgan fingerprint density at radius 1 is 1.08 bits per heavy atom. The van der Waals surface area contributed by atoms with Crippen molar-refractivity contribution >= 4 is 17.5 Å². The quantitative estimate of drug-likeness (QED) is 0.877. The van der Waals surface area contributed by atoms with Crippen molar-refractivity contribution in [2.45, 2.75) is 31.7 Å². The van der Waals surface area contributed by atoms with Crippen molar-refractivity contribution in [1.82, 2.24) is 10.3 Å². The van der Waals surface area contributed by atoms with Crippen LogP contribution in [-0.4, -0.2) is 29.9 Å². The number of rotatable bonds is 5. The molecule has 25 heavy (non-hydrogen) atoms. The lowest BCUT2D eigenvalue weighted by Crippen LogP contribution is -2.33. The molecule has 1 fully saturated rings. The number of ether oxygens (including phenoxy) is 1. The Kier molecular flexibility index (Phi) is 5.28. The van der Waals surface area contributed by atoms with Crippen LogP contribution in [-0.2, 0) is 0 Å². The second-order valence-corrected chi connectivity index (χ2v) is 6.04. The van der Waals surface area contributed by atoms with Crippen LogP contribution in [0.1, 0.15) is 46.4 Å². The summed E-state index contributed by atoms with van der Waals surface area (Å²) in [5.74, 6) is -0.0418. The molecule has 6 nitrogen and oxygen atoms in total. The molecule has 2 N–H and O–H groups in total. The summed E-state index contributed by atoms with van der Waals surface area (Å²) in [6.45, 7) is 0. The number of nitrogens with one attached hydrogen (secondary N) is 2. The van der Waals surface area contributed by atoms with Crippen LogP contribution < -0.4 is 15.4 Å². The Morgan fingerprint density at radius 2 is 1.84 bits per heavy atom. The van der Waals surface area contributed by atoms with Crippen molar-refractivity contribution in [3.8, 4) is 5.88 Å². The van der Waals surface area contributed by atoms with E-state index in [2.05, 4.69) is 15.6 Å². The van der Waals surface area contributed by atoms with E-state index in [9.17, 15) is 9.59 Å². The second-order valence-electron chi connectivity index (χ2n) is 6.04. The van der Waals surface area contributed by atoms with Gasteiger partial charge < -0.3 is 15.4 Å². The zero-order chi connectivity index (χ0) is 17.6. The van der Waals surface area contributed by atoms with Crippen LogP contribution in [0.25, 0.3) is 0 Å². The Labute approximate surface area is 146 Å². The summed E-state index contributed by atoms with van der Waals surface area (Å²) in [7, 11) is 1.52. The molecule has 0 atom stereocenters. The highest BCUT2D eigenvalue weighted by atomic mass is 16.5. The lowest BCUT2D eigenvalue weighted by atomic mass is 10.1. The third kappa shape index (κ3) is 4.15. The van der Waals surface area contributed by atoms with Crippen LogP contribution in [0.15, 0.2) is 42.6 Å². The van der Waals surface area contributed by atoms with Crippen molar-refractivity contribution in [2.24, 2.45) is 0 Å². The van der Waals surface area contributed by atoms with Crippen molar-refractivity contribution in [3.05, 3.63) is 53.7 Å². The van der Waals surface area contributed by atoms with Crippen LogP contribution in [0.5, 0.6) is 5.88 Å². The molecule has 3 rings (SSSR count). The Hall–Kier alpha value is -2.89. The highest BCUT2D eigenvalue weighted by Gasteiger charge is 2.20. The summed E-state index contributed by atoms with van der Waals surface area (Å²) in [5.41, 5.74) is 1.34. The molecule has 0 unspecified atom stereocenters. The first-order chi connectivity index (χ1) is 12.2. The normalized spacial score (nSPS) is 14.1. The van der Waals surface area contributed by atoms with Gasteiger partial charge in [-0.05, 0) is 31.0 Å². The van der Waals surface area contributed by atoms with Gasteiger partial charge in [0.1, 0.15) is 0 Å². The van der Waals surface area contributed by atoms with Crippen molar-refractivity contribution in [3.63, 3.8) is 0 Å². The minimum absolute atomic E-state index is 0.157. The SMILES string of the molecule is COc1ccc(C(=O)Nc2ccccc2C(=O)NC2CCCC2)cn1. The largest absolute Gasteiger partial charge is 0.481 e. The molecule has 1 aliphatic rings. The van der Waals surface area contributed by atoms with Crippen LogP contribution in [0.4, 0.5) is 5.69 Å². The summed E-state index contributed by atoms with van der Waals surface area (Å²) in [4.78, 5) is 29.0. The van der Waals surface area contributed by atoms with Crippen molar-refractivity contribution in [1.29, 1.82) is 0 Å². The average Bonchev–Trinajstić information content (AvgIpc) is 3.15. The number of carbonyl (C=O) groups is 2. The van der Waals surface area contributed by atoms with Crippen molar-refractivity contribution in [2.75, 3.05) is 12.4 Å². The standard InChI is InChI=1S/C19H21N3O3/c1-25-17-11-10-13(12-20-17)18(23)22-16-9-5-4-8-15(16)19(24)21-14-6-2-3-7-14/h4-5,8-12,14H,2-3,6-7H2,1H3,(H,21,24)(H,22,23). The van der Waals surface area contributed by atoms with E-state index >= 15 is 0 Å². The first kappa shape index (κ1) is 17.0. The number of methoxy groups -OCH3 is 1. The molecule has 0 spiro atoms. The molecule has 0 aliphatic heterocycles. The Morgan fingerprint density at radius 3 is 2.52 bits per heavy atom. The molecule has 1 aliphatic carbocycles. The average molecular weight is 339 g/mol. The first-order valence-electron chi connectivity index (χ1n) is 8.38. The molecule has 0 radical (unpaired) electrons. The molecular weight excluding hydrogens is 318 g/mol. The van der Waals surface area contributed by atoms with Gasteiger partial charge in [-0.15, -0.1) is 0 Å². The van der Waals surface area contributed by atoms with E-state index in [0.29, 0.717) is 22.7 Å². The van der Waals surface area contributed by atoms with E-state index in [0.717, 1.165) is 25.7 Å². The van der Waals surface area contributed by atoms with Gasteiger partial charge in [0.15, 0.2) is 0 Å². The summed E-state index contributed by atoms with van der Waals surface area (Å²) in [6.07, 6.45) is 5.76. The van der Waals surface area contributed by atoms with Gasteiger partial charge in [-0.25, -0.2) is 4.98 Å². The lowest BCUT2D eigenvalue weighted by molar-refractivity contribution is 0.0939. The minimum Gasteiger partial charge on any atom is -0.481 e. The number of hydrogen-bond donors (Lipinski definition) is 2. The molecule has 1 heterocycles. The minimum atomic E-state index is -0.323. The summed E-state index contributed by atoms with van der Waals surface area (Å²) < 4.78 is 4.99. The fraction of sp³-hybridized carbons (Fsp3) is 0.316. The number of pyridine rings is 1. The van der Waals surface area contributed by atoms with Gasteiger partial charge >= 0.3 is 0 Å². The highest BCUT2D eigenvalue weighted by Crippen LogP contribution is 2.21. The van der Waals surface area contributed by atoms with Crippen LogP contribution >= 0.6 is 0 Å². The van der Waals surface area contributed by atoms with Crippen LogP contribution in [0, 0.1) is 0 Å². The molecule has 1 saturated carbocycles. The zero-order valence-electron chi connectivity index (χ0n) is 14.1. The molecule has 0 bridgehead atoms. The van der Waals surface area contributed by atoms with Gasteiger partial charge in [0.25, 0.3) is 11.8 Å². The fourth-order valence-corrected chi connectivity index (χ4v) is 2.95. The number of carbonyl (C=O) groups excluding carboxylic acids is 2. The second kappa shape index (κ2) is 7.79.